The highest BCUT2D eigenvalue weighted by Gasteiger charge is 2.60. The fourth-order valence-corrected chi connectivity index (χ4v) is 4.18. The third kappa shape index (κ3) is 3.04. The Kier molecular flexibility index (Phi) is 4.48. The van der Waals surface area contributed by atoms with Crippen LogP contribution in [0.4, 0.5) is 17.1 Å². The van der Waals surface area contributed by atoms with Crippen LogP contribution in [0.25, 0.3) is 0 Å². The molecule has 154 valence electrons. The van der Waals surface area contributed by atoms with E-state index in [4.69, 9.17) is 4.84 Å². The van der Waals surface area contributed by atoms with E-state index < -0.39 is 34.8 Å². The molecule has 0 spiro atoms. The molecular weight excluding hydrogens is 398 g/mol. The van der Waals surface area contributed by atoms with E-state index in [9.17, 15) is 19.7 Å². The number of nitro groups is 1. The molecule has 2 fully saturated rings. The van der Waals surface area contributed by atoms with Crippen LogP contribution in [-0.4, -0.2) is 22.8 Å². The van der Waals surface area contributed by atoms with Gasteiger partial charge in [0.2, 0.25) is 5.91 Å². The number of amides is 2. The lowest BCUT2D eigenvalue weighted by molar-refractivity contribution is -0.384. The molecule has 0 saturated carbocycles. The van der Waals surface area contributed by atoms with Gasteiger partial charge >= 0.3 is 0 Å². The van der Waals surface area contributed by atoms with Crippen molar-refractivity contribution in [3.8, 4) is 0 Å². The summed E-state index contributed by atoms with van der Waals surface area (Å²) < 4.78 is 0. The summed E-state index contributed by atoms with van der Waals surface area (Å²) in [7, 11) is 0. The Morgan fingerprint density at radius 3 is 2.00 bits per heavy atom. The summed E-state index contributed by atoms with van der Waals surface area (Å²) in [6.45, 7) is 0. The molecule has 2 heterocycles. The summed E-state index contributed by atoms with van der Waals surface area (Å²) in [6.07, 6.45) is -0.979. The van der Waals surface area contributed by atoms with E-state index in [1.807, 2.05) is 60.7 Å². The Labute approximate surface area is 177 Å². The lowest BCUT2D eigenvalue weighted by Gasteiger charge is -2.28. The van der Waals surface area contributed by atoms with Crippen molar-refractivity contribution in [3.05, 3.63) is 101 Å². The Balaban J connectivity index is 1.54. The summed E-state index contributed by atoms with van der Waals surface area (Å²) in [5.74, 6) is -1.62. The molecular formula is C23H17N3O5. The number of benzene rings is 3. The Morgan fingerprint density at radius 2 is 1.39 bits per heavy atom. The first kappa shape index (κ1) is 19.0. The zero-order chi connectivity index (χ0) is 21.5. The number of nitrogens with zero attached hydrogens (tertiary/aromatic N) is 3. The Bertz CT molecular complexity index is 1150. The molecule has 2 aliphatic rings. The third-order valence-corrected chi connectivity index (χ3v) is 5.59. The second-order valence-corrected chi connectivity index (χ2v) is 7.35. The number of non-ortho nitro benzene ring substituents is 1. The molecule has 8 heteroatoms. The second kappa shape index (κ2) is 7.33. The number of para-hydroxylation sites is 1. The van der Waals surface area contributed by atoms with E-state index >= 15 is 0 Å². The lowest BCUT2D eigenvalue weighted by atomic mass is 9.90. The maximum Gasteiger partial charge on any atom is 0.269 e. The fourth-order valence-electron chi connectivity index (χ4n) is 4.18. The van der Waals surface area contributed by atoms with Gasteiger partial charge in [0.15, 0.2) is 6.10 Å². The monoisotopic (exact) mass is 415 g/mol. The van der Waals surface area contributed by atoms with Gasteiger partial charge in [-0.3, -0.25) is 24.5 Å². The van der Waals surface area contributed by atoms with Crippen LogP contribution in [-0.2, 0) is 14.4 Å². The summed E-state index contributed by atoms with van der Waals surface area (Å²) in [5, 5.41) is 12.6. The fraction of sp³-hybridized carbons (Fsp3) is 0.130. The molecule has 8 nitrogen and oxygen atoms in total. The quantitative estimate of drug-likeness (QED) is 0.367. The molecule has 3 atom stereocenters. The topological polar surface area (TPSA) is 93.0 Å². The van der Waals surface area contributed by atoms with Crippen molar-refractivity contribution < 1.29 is 19.3 Å². The molecule has 2 amide bonds. The molecule has 0 aliphatic carbocycles. The van der Waals surface area contributed by atoms with Crippen molar-refractivity contribution in [1.82, 2.24) is 0 Å². The number of hydroxylamine groups is 1. The normalized spacial score (nSPS) is 22.6. The van der Waals surface area contributed by atoms with Crippen LogP contribution in [0.1, 0.15) is 11.6 Å². The number of hydrogen-bond donors (Lipinski definition) is 0. The first-order valence-electron chi connectivity index (χ1n) is 9.74. The number of anilines is 2. The van der Waals surface area contributed by atoms with Crippen LogP contribution >= 0.6 is 0 Å². The molecule has 0 aromatic heterocycles. The van der Waals surface area contributed by atoms with Crippen molar-refractivity contribution in [2.75, 3.05) is 9.96 Å². The van der Waals surface area contributed by atoms with Gasteiger partial charge in [0.1, 0.15) is 5.92 Å². The third-order valence-electron chi connectivity index (χ3n) is 5.59. The van der Waals surface area contributed by atoms with Crippen LogP contribution < -0.4 is 9.96 Å². The molecule has 0 radical (unpaired) electrons. The molecule has 5 rings (SSSR count). The number of hydrogen-bond acceptors (Lipinski definition) is 6. The maximum atomic E-state index is 13.4. The van der Waals surface area contributed by atoms with Gasteiger partial charge in [-0.1, -0.05) is 48.5 Å². The van der Waals surface area contributed by atoms with Gasteiger partial charge in [-0.05, 0) is 29.8 Å². The van der Waals surface area contributed by atoms with Crippen molar-refractivity contribution in [2.45, 2.75) is 12.1 Å². The highest BCUT2D eigenvalue weighted by atomic mass is 16.7. The van der Waals surface area contributed by atoms with Crippen LogP contribution in [0.3, 0.4) is 0 Å². The summed E-state index contributed by atoms with van der Waals surface area (Å²) >= 11 is 0. The largest absolute Gasteiger partial charge is 0.273 e. The van der Waals surface area contributed by atoms with E-state index in [1.165, 1.54) is 24.3 Å². The highest BCUT2D eigenvalue weighted by molar-refractivity contribution is 6.23. The Hall–Kier alpha value is -4.04. The first-order valence-corrected chi connectivity index (χ1v) is 9.74. The highest BCUT2D eigenvalue weighted by Crippen LogP contribution is 2.47. The first-order chi connectivity index (χ1) is 15.1. The molecule has 0 unspecified atom stereocenters. The maximum absolute atomic E-state index is 13.4. The van der Waals surface area contributed by atoms with Gasteiger partial charge in [0.05, 0.1) is 22.3 Å². The lowest BCUT2D eigenvalue weighted by Crippen LogP contribution is -2.37. The number of rotatable bonds is 4. The molecule has 0 N–H and O–H groups in total. The summed E-state index contributed by atoms with van der Waals surface area (Å²) in [4.78, 5) is 44.1. The van der Waals surface area contributed by atoms with Crippen molar-refractivity contribution in [3.63, 3.8) is 0 Å². The molecule has 3 aromatic carbocycles. The number of fused-ring (bicyclic) bond motifs is 1. The van der Waals surface area contributed by atoms with Crippen molar-refractivity contribution in [1.29, 1.82) is 0 Å². The van der Waals surface area contributed by atoms with E-state index in [0.29, 0.717) is 0 Å². The van der Waals surface area contributed by atoms with Crippen molar-refractivity contribution >= 4 is 28.9 Å². The smallest absolute Gasteiger partial charge is 0.269 e. The average molecular weight is 415 g/mol. The predicted molar refractivity (Wildman–Crippen MR) is 112 cm³/mol. The van der Waals surface area contributed by atoms with Gasteiger partial charge in [0.25, 0.3) is 11.6 Å². The minimum atomic E-state index is -0.979. The minimum Gasteiger partial charge on any atom is -0.273 e. The molecule has 31 heavy (non-hydrogen) atoms. The average Bonchev–Trinajstić information content (AvgIpc) is 3.31. The van der Waals surface area contributed by atoms with Crippen LogP contribution in [0.2, 0.25) is 0 Å². The number of imide groups is 1. The number of carbonyl (C=O) groups excluding carboxylic acids is 2. The molecule has 2 aliphatic heterocycles. The zero-order valence-electron chi connectivity index (χ0n) is 16.2. The molecule has 3 aromatic rings. The molecule has 2 saturated heterocycles. The molecule has 0 bridgehead atoms. The van der Waals surface area contributed by atoms with Crippen LogP contribution in [0, 0.1) is 16.0 Å². The predicted octanol–water partition coefficient (Wildman–Crippen LogP) is 3.65. The standard InChI is InChI=1S/C23H17N3O5/c27-22-19-20(15-7-3-1-4-8-15)25(17-9-5-2-6-10-17)31-21(19)23(28)24(22)16-11-13-18(14-12-16)26(29)30/h1-14,19-21H/t19-,20+,21-/m0/s1. The van der Waals surface area contributed by atoms with Gasteiger partial charge in [-0.2, -0.15) is 0 Å². The minimum absolute atomic E-state index is 0.114. The van der Waals surface area contributed by atoms with Crippen molar-refractivity contribution in [2.24, 2.45) is 5.92 Å². The second-order valence-electron chi connectivity index (χ2n) is 7.35. The number of nitro benzene ring substituents is 1. The SMILES string of the molecule is O=C1[C@@H]2[C@H](ON(c3ccccc3)[C@@H]2c2ccccc2)C(=O)N1c1ccc([N+](=O)[O-])cc1. The van der Waals surface area contributed by atoms with Crippen LogP contribution in [0.5, 0.6) is 0 Å². The number of carbonyl (C=O) groups is 2. The van der Waals surface area contributed by atoms with Crippen LogP contribution in [0.15, 0.2) is 84.9 Å². The van der Waals surface area contributed by atoms with E-state index in [1.54, 1.807) is 5.06 Å². The van der Waals surface area contributed by atoms with Gasteiger partial charge in [-0.15, -0.1) is 0 Å². The Morgan fingerprint density at radius 1 is 0.774 bits per heavy atom. The summed E-state index contributed by atoms with van der Waals surface area (Å²) in [6, 6.07) is 23.6. The van der Waals surface area contributed by atoms with E-state index in [-0.39, 0.29) is 11.4 Å². The van der Waals surface area contributed by atoms with Gasteiger partial charge in [0, 0.05) is 12.1 Å². The zero-order valence-corrected chi connectivity index (χ0v) is 16.2. The van der Waals surface area contributed by atoms with E-state index in [0.717, 1.165) is 16.2 Å². The summed E-state index contributed by atoms with van der Waals surface area (Å²) in [5.41, 5.74) is 1.77. The van der Waals surface area contributed by atoms with Gasteiger partial charge < -0.3 is 0 Å². The van der Waals surface area contributed by atoms with Gasteiger partial charge in [-0.25, -0.2) is 9.96 Å². The van der Waals surface area contributed by atoms with E-state index in [2.05, 4.69) is 0 Å².